The van der Waals surface area contributed by atoms with E-state index in [0.29, 0.717) is 10.7 Å². The van der Waals surface area contributed by atoms with Crippen molar-refractivity contribution in [1.29, 1.82) is 0 Å². The van der Waals surface area contributed by atoms with Gasteiger partial charge in [-0.2, -0.15) is 0 Å². The van der Waals surface area contributed by atoms with E-state index in [9.17, 15) is 9.90 Å². The topological polar surface area (TPSA) is 58.6 Å². The first-order chi connectivity index (χ1) is 9.26. The highest BCUT2D eigenvalue weighted by Crippen LogP contribution is 2.48. The Morgan fingerprint density at radius 3 is 2.60 bits per heavy atom. The number of carbonyl (C=O) groups is 1. The quantitative estimate of drug-likeness (QED) is 0.894. The Bertz CT molecular complexity index is 518. The van der Waals surface area contributed by atoms with E-state index in [1.807, 2.05) is 12.1 Å². The van der Waals surface area contributed by atoms with Crippen molar-refractivity contribution in [2.45, 2.75) is 44.6 Å². The lowest BCUT2D eigenvalue weighted by molar-refractivity contribution is 0.0636. The Morgan fingerprint density at radius 1 is 1.45 bits per heavy atom. The van der Waals surface area contributed by atoms with Gasteiger partial charge >= 0.3 is 6.09 Å². The van der Waals surface area contributed by atoms with Crippen molar-refractivity contribution in [3.63, 3.8) is 0 Å². The summed E-state index contributed by atoms with van der Waals surface area (Å²) in [5.74, 6) is 0. The number of aliphatic hydroxyl groups is 1. The third-order valence-electron chi connectivity index (χ3n) is 3.37. The molecule has 5 heteroatoms. The van der Waals surface area contributed by atoms with E-state index in [1.54, 1.807) is 26.8 Å². The molecule has 20 heavy (non-hydrogen) atoms. The smallest absolute Gasteiger partial charge is 0.412 e. The van der Waals surface area contributed by atoms with Gasteiger partial charge in [0.05, 0.1) is 17.3 Å². The Hall–Kier alpha value is -1.26. The summed E-state index contributed by atoms with van der Waals surface area (Å²) < 4.78 is 5.21. The van der Waals surface area contributed by atoms with Gasteiger partial charge in [-0.15, -0.1) is 0 Å². The Morgan fingerprint density at radius 2 is 2.10 bits per heavy atom. The van der Waals surface area contributed by atoms with Gasteiger partial charge in [0.1, 0.15) is 5.60 Å². The van der Waals surface area contributed by atoms with Crippen LogP contribution in [0.3, 0.4) is 0 Å². The van der Waals surface area contributed by atoms with Crippen molar-refractivity contribution in [3.8, 4) is 0 Å². The van der Waals surface area contributed by atoms with Gasteiger partial charge in [0.15, 0.2) is 0 Å². The summed E-state index contributed by atoms with van der Waals surface area (Å²) >= 11 is 6.09. The number of amides is 1. The highest BCUT2D eigenvalue weighted by Gasteiger charge is 2.43. The summed E-state index contributed by atoms with van der Waals surface area (Å²) in [4.78, 5) is 11.8. The summed E-state index contributed by atoms with van der Waals surface area (Å²) in [6.07, 6.45) is 1.37. The van der Waals surface area contributed by atoms with Crippen LogP contribution >= 0.6 is 11.6 Å². The first kappa shape index (κ1) is 15.1. The van der Waals surface area contributed by atoms with Crippen LogP contribution < -0.4 is 5.32 Å². The van der Waals surface area contributed by atoms with E-state index in [-0.39, 0.29) is 12.0 Å². The minimum atomic E-state index is -0.559. The van der Waals surface area contributed by atoms with Crippen LogP contribution in [-0.4, -0.2) is 23.4 Å². The lowest BCUT2D eigenvalue weighted by Crippen LogP contribution is -2.27. The summed E-state index contributed by atoms with van der Waals surface area (Å²) in [6.45, 7) is 5.52. The average molecular weight is 298 g/mol. The standard InChI is InChI=1S/C15H20ClNO3/c1-14(2,3)20-13(19)17-12-8-10(4-5-11(12)16)15(9-18)6-7-15/h4-5,8,18H,6-7,9H2,1-3H3,(H,17,19). The Balaban J connectivity index is 2.15. The molecule has 0 unspecified atom stereocenters. The molecule has 1 saturated carbocycles. The molecule has 2 rings (SSSR count). The number of carbonyl (C=O) groups excluding carboxylic acids is 1. The van der Waals surface area contributed by atoms with Crippen molar-refractivity contribution in [3.05, 3.63) is 28.8 Å². The first-order valence-electron chi connectivity index (χ1n) is 6.67. The van der Waals surface area contributed by atoms with Crippen molar-refractivity contribution < 1.29 is 14.6 Å². The molecule has 1 aromatic carbocycles. The monoisotopic (exact) mass is 297 g/mol. The number of hydrogen-bond donors (Lipinski definition) is 2. The SMILES string of the molecule is CC(C)(C)OC(=O)Nc1cc(C2(CO)CC2)ccc1Cl. The van der Waals surface area contributed by atoms with Crippen molar-refractivity contribution in [2.75, 3.05) is 11.9 Å². The van der Waals surface area contributed by atoms with Crippen LogP contribution in [0.2, 0.25) is 5.02 Å². The highest BCUT2D eigenvalue weighted by molar-refractivity contribution is 6.33. The molecule has 0 spiro atoms. The zero-order valence-electron chi connectivity index (χ0n) is 12.0. The van der Waals surface area contributed by atoms with E-state index in [2.05, 4.69) is 5.32 Å². The van der Waals surface area contributed by atoms with Gasteiger partial charge in [0.25, 0.3) is 0 Å². The maximum atomic E-state index is 11.8. The number of benzene rings is 1. The molecule has 110 valence electrons. The van der Waals surface area contributed by atoms with E-state index in [1.165, 1.54) is 0 Å². The summed E-state index contributed by atoms with van der Waals surface area (Å²) in [6, 6.07) is 5.45. The fraction of sp³-hybridized carbons (Fsp3) is 0.533. The van der Waals surface area contributed by atoms with Crippen LogP contribution in [0, 0.1) is 0 Å². The molecular weight excluding hydrogens is 278 g/mol. The number of ether oxygens (including phenoxy) is 1. The van der Waals surface area contributed by atoms with Crippen LogP contribution in [0.15, 0.2) is 18.2 Å². The summed E-state index contributed by atoms with van der Waals surface area (Å²) in [5.41, 5.74) is 0.792. The van der Waals surface area contributed by atoms with E-state index in [4.69, 9.17) is 16.3 Å². The van der Waals surface area contributed by atoms with Crippen LogP contribution in [0.25, 0.3) is 0 Å². The predicted octanol–water partition coefficient (Wildman–Crippen LogP) is 3.71. The molecule has 1 aliphatic carbocycles. The van der Waals surface area contributed by atoms with Gasteiger partial charge in [-0.1, -0.05) is 17.7 Å². The van der Waals surface area contributed by atoms with Crippen molar-refractivity contribution in [2.24, 2.45) is 0 Å². The Kier molecular flexibility index (Phi) is 3.98. The van der Waals surface area contributed by atoms with Crippen LogP contribution in [0.5, 0.6) is 0 Å². The third-order valence-corrected chi connectivity index (χ3v) is 3.70. The molecule has 1 aliphatic rings. The molecule has 1 aromatic rings. The second-order valence-electron chi connectivity index (χ2n) is 6.26. The molecule has 0 atom stereocenters. The van der Waals surface area contributed by atoms with Crippen LogP contribution in [0.4, 0.5) is 10.5 Å². The second kappa shape index (κ2) is 5.26. The highest BCUT2D eigenvalue weighted by atomic mass is 35.5. The number of rotatable bonds is 3. The molecule has 2 N–H and O–H groups in total. The largest absolute Gasteiger partial charge is 0.444 e. The molecule has 0 bridgehead atoms. The maximum Gasteiger partial charge on any atom is 0.412 e. The molecule has 0 heterocycles. The number of halogens is 1. The van der Waals surface area contributed by atoms with Gasteiger partial charge < -0.3 is 9.84 Å². The molecule has 1 fully saturated rings. The zero-order chi connectivity index (χ0) is 15.0. The first-order valence-corrected chi connectivity index (χ1v) is 7.04. The van der Waals surface area contributed by atoms with E-state index >= 15 is 0 Å². The number of anilines is 1. The third kappa shape index (κ3) is 3.44. The van der Waals surface area contributed by atoms with Gasteiger partial charge in [0.2, 0.25) is 0 Å². The molecule has 1 amide bonds. The molecule has 0 aromatic heterocycles. The van der Waals surface area contributed by atoms with Gasteiger partial charge in [0, 0.05) is 5.41 Å². The zero-order valence-corrected chi connectivity index (χ0v) is 12.8. The van der Waals surface area contributed by atoms with Crippen LogP contribution in [-0.2, 0) is 10.2 Å². The van der Waals surface area contributed by atoms with Gasteiger partial charge in [-0.25, -0.2) is 4.79 Å². The molecule has 0 radical (unpaired) electrons. The minimum Gasteiger partial charge on any atom is -0.444 e. The van der Waals surface area contributed by atoms with E-state index in [0.717, 1.165) is 18.4 Å². The van der Waals surface area contributed by atoms with Crippen LogP contribution in [0.1, 0.15) is 39.2 Å². The van der Waals surface area contributed by atoms with Gasteiger partial charge in [-0.3, -0.25) is 5.32 Å². The lowest BCUT2D eigenvalue weighted by Gasteiger charge is -2.20. The number of aliphatic hydroxyl groups excluding tert-OH is 1. The summed E-state index contributed by atoms with van der Waals surface area (Å²) in [5, 5.41) is 12.6. The molecular formula is C15H20ClNO3. The molecule has 0 aliphatic heterocycles. The van der Waals surface area contributed by atoms with E-state index < -0.39 is 11.7 Å². The lowest BCUT2D eigenvalue weighted by atomic mass is 9.96. The maximum absolute atomic E-state index is 11.8. The molecule has 0 saturated heterocycles. The fourth-order valence-corrected chi connectivity index (χ4v) is 2.22. The summed E-state index contributed by atoms with van der Waals surface area (Å²) in [7, 11) is 0. The minimum absolute atomic E-state index is 0.112. The average Bonchev–Trinajstić information content (AvgIpc) is 3.10. The normalized spacial score (nSPS) is 16.6. The van der Waals surface area contributed by atoms with Crippen molar-refractivity contribution in [1.82, 2.24) is 0 Å². The predicted molar refractivity (Wildman–Crippen MR) is 79.3 cm³/mol. The fourth-order valence-electron chi connectivity index (χ4n) is 2.05. The second-order valence-corrected chi connectivity index (χ2v) is 6.67. The van der Waals surface area contributed by atoms with Gasteiger partial charge in [-0.05, 0) is 51.3 Å². The van der Waals surface area contributed by atoms with Crippen molar-refractivity contribution >= 4 is 23.4 Å². The number of hydrogen-bond acceptors (Lipinski definition) is 3. The number of nitrogens with one attached hydrogen (secondary N) is 1. The molecule has 4 nitrogen and oxygen atoms in total. The Labute approximate surface area is 124 Å².